The Hall–Kier alpha value is -3.22. The average Bonchev–Trinajstić information content (AvgIpc) is 3.04. The number of nitrogens with one attached hydrogen (secondary N) is 1. The van der Waals surface area contributed by atoms with Gasteiger partial charge in [0.05, 0.1) is 5.39 Å². The second-order valence-electron chi connectivity index (χ2n) is 7.43. The van der Waals surface area contributed by atoms with Crippen LogP contribution < -0.4 is 15.8 Å². The van der Waals surface area contributed by atoms with Crippen LogP contribution in [0.5, 0.6) is 0 Å². The summed E-state index contributed by atoms with van der Waals surface area (Å²) in [5.74, 6) is 0.682. The Labute approximate surface area is 169 Å². The van der Waals surface area contributed by atoms with Crippen LogP contribution in [0.1, 0.15) is 41.7 Å². The van der Waals surface area contributed by atoms with Crippen molar-refractivity contribution in [3.63, 3.8) is 0 Å². The number of hydrogen-bond acceptors (Lipinski definition) is 5. The van der Waals surface area contributed by atoms with Crippen molar-refractivity contribution in [2.24, 2.45) is 7.05 Å². The molecule has 1 aliphatic heterocycles. The number of nitrogens with zero attached hydrogens (tertiary/aromatic N) is 4. The number of aromatic nitrogens is 3. The minimum Gasteiger partial charge on any atom is -0.357 e. The van der Waals surface area contributed by atoms with E-state index in [1.54, 1.807) is 31.3 Å². The minimum atomic E-state index is -0.312. The van der Waals surface area contributed by atoms with Crippen molar-refractivity contribution in [3.8, 4) is 0 Å². The third-order valence-electron chi connectivity index (χ3n) is 5.36. The highest BCUT2D eigenvalue weighted by molar-refractivity contribution is 6.04. The number of benzene rings is 1. The normalized spacial score (nSPS) is 14.6. The second-order valence-corrected chi connectivity index (χ2v) is 7.43. The summed E-state index contributed by atoms with van der Waals surface area (Å²) in [7, 11) is 1.55. The van der Waals surface area contributed by atoms with Crippen LogP contribution >= 0.6 is 0 Å². The van der Waals surface area contributed by atoms with Crippen LogP contribution in [0, 0.1) is 0 Å². The molecule has 29 heavy (non-hydrogen) atoms. The van der Waals surface area contributed by atoms with Crippen LogP contribution in [-0.4, -0.2) is 33.8 Å². The summed E-state index contributed by atoms with van der Waals surface area (Å²) >= 11 is 0. The number of anilines is 1. The van der Waals surface area contributed by atoms with E-state index in [1.807, 2.05) is 18.3 Å². The second kappa shape index (κ2) is 8.43. The van der Waals surface area contributed by atoms with E-state index in [2.05, 4.69) is 20.3 Å². The quantitative estimate of drug-likeness (QED) is 0.740. The maximum absolute atomic E-state index is 12.7. The van der Waals surface area contributed by atoms with Gasteiger partial charge in [-0.05, 0) is 30.5 Å². The lowest BCUT2D eigenvalue weighted by atomic mass is 10.1. The molecule has 1 saturated heterocycles. The highest BCUT2D eigenvalue weighted by Gasteiger charge is 2.16. The summed E-state index contributed by atoms with van der Waals surface area (Å²) in [4.78, 5) is 31.9. The zero-order valence-electron chi connectivity index (χ0n) is 16.6. The third kappa shape index (κ3) is 4.13. The van der Waals surface area contributed by atoms with Crippen LogP contribution in [-0.2, 0) is 13.6 Å². The first kappa shape index (κ1) is 19.1. The van der Waals surface area contributed by atoms with Crippen molar-refractivity contribution in [1.29, 1.82) is 0 Å². The number of amides is 1. The number of fused-ring (bicyclic) bond motifs is 1. The molecule has 0 radical (unpaired) electrons. The van der Waals surface area contributed by atoms with Gasteiger partial charge in [-0.2, -0.15) is 5.10 Å². The van der Waals surface area contributed by atoms with Crippen LogP contribution in [0.25, 0.3) is 10.8 Å². The molecule has 0 bridgehead atoms. The first-order chi connectivity index (χ1) is 14.1. The van der Waals surface area contributed by atoms with Gasteiger partial charge in [0.1, 0.15) is 5.82 Å². The smallest absolute Gasteiger partial charge is 0.274 e. The van der Waals surface area contributed by atoms with Gasteiger partial charge in [0.15, 0.2) is 5.69 Å². The van der Waals surface area contributed by atoms with Crippen molar-refractivity contribution in [1.82, 2.24) is 20.1 Å². The molecular formula is C22H25N5O2. The van der Waals surface area contributed by atoms with Crippen LogP contribution in [0.2, 0.25) is 0 Å². The fraction of sp³-hybridized carbons (Fsp3) is 0.364. The van der Waals surface area contributed by atoms with Gasteiger partial charge in [0, 0.05) is 38.3 Å². The van der Waals surface area contributed by atoms with E-state index in [4.69, 9.17) is 0 Å². The molecule has 1 N–H and O–H groups in total. The molecule has 1 aliphatic rings. The van der Waals surface area contributed by atoms with Crippen LogP contribution in [0.4, 0.5) is 5.82 Å². The van der Waals surface area contributed by atoms with Gasteiger partial charge in [-0.25, -0.2) is 9.67 Å². The lowest BCUT2D eigenvalue weighted by molar-refractivity contribution is 0.0945. The molecule has 150 valence electrons. The molecule has 1 amide bonds. The monoisotopic (exact) mass is 391 g/mol. The lowest BCUT2D eigenvalue weighted by Crippen LogP contribution is -2.29. The van der Waals surface area contributed by atoms with Gasteiger partial charge in [0.25, 0.3) is 11.5 Å². The molecule has 0 spiro atoms. The molecule has 4 rings (SSSR count). The Morgan fingerprint density at radius 1 is 1.03 bits per heavy atom. The SMILES string of the molecule is Cn1nc(C(=O)NCc2ccc(N3CCCCCC3)nc2)c2ccccc2c1=O. The zero-order chi connectivity index (χ0) is 20.2. The Morgan fingerprint density at radius 3 is 2.45 bits per heavy atom. The number of carbonyl (C=O) groups excluding carboxylic acids is 1. The zero-order valence-corrected chi connectivity index (χ0v) is 16.6. The number of carbonyl (C=O) groups is 1. The van der Waals surface area contributed by atoms with Crippen LogP contribution in [0.15, 0.2) is 47.4 Å². The van der Waals surface area contributed by atoms with Crippen LogP contribution in [0.3, 0.4) is 0 Å². The highest BCUT2D eigenvalue weighted by Crippen LogP contribution is 2.18. The summed E-state index contributed by atoms with van der Waals surface area (Å²) in [6, 6.07) is 11.1. The topological polar surface area (TPSA) is 80.1 Å². The van der Waals surface area contributed by atoms with Crippen molar-refractivity contribution in [2.45, 2.75) is 32.2 Å². The van der Waals surface area contributed by atoms with Crippen molar-refractivity contribution >= 4 is 22.5 Å². The highest BCUT2D eigenvalue weighted by atomic mass is 16.2. The van der Waals surface area contributed by atoms with E-state index in [-0.39, 0.29) is 17.2 Å². The molecule has 1 fully saturated rings. The fourth-order valence-corrected chi connectivity index (χ4v) is 3.74. The molecule has 3 heterocycles. The standard InChI is InChI=1S/C22H25N5O2/c1-26-22(29)18-9-5-4-8-17(18)20(25-26)21(28)24-15-16-10-11-19(23-14-16)27-12-6-2-3-7-13-27/h4-5,8-11,14H,2-3,6-7,12-13,15H2,1H3,(H,24,28). The predicted octanol–water partition coefficient (Wildman–Crippen LogP) is 2.64. The summed E-state index contributed by atoms with van der Waals surface area (Å²) < 4.78 is 1.20. The molecule has 0 atom stereocenters. The summed E-state index contributed by atoms with van der Waals surface area (Å²) in [6.07, 6.45) is 6.80. The molecule has 3 aromatic rings. The molecule has 0 aliphatic carbocycles. The minimum absolute atomic E-state index is 0.217. The summed E-state index contributed by atoms with van der Waals surface area (Å²) in [5, 5.41) is 8.10. The molecule has 2 aromatic heterocycles. The summed E-state index contributed by atoms with van der Waals surface area (Å²) in [6.45, 7) is 2.45. The van der Waals surface area contributed by atoms with Crippen molar-refractivity contribution in [2.75, 3.05) is 18.0 Å². The largest absolute Gasteiger partial charge is 0.357 e. The fourth-order valence-electron chi connectivity index (χ4n) is 3.74. The van der Waals surface area contributed by atoms with Crippen molar-refractivity contribution in [3.05, 3.63) is 64.2 Å². The van der Waals surface area contributed by atoms with E-state index in [0.717, 1.165) is 24.5 Å². The van der Waals surface area contributed by atoms with E-state index in [0.29, 0.717) is 17.3 Å². The Morgan fingerprint density at radius 2 is 1.76 bits per heavy atom. The molecular weight excluding hydrogens is 366 g/mol. The Bertz CT molecular complexity index is 1070. The van der Waals surface area contributed by atoms with Gasteiger partial charge in [-0.15, -0.1) is 0 Å². The van der Waals surface area contributed by atoms with Gasteiger partial charge in [0.2, 0.25) is 0 Å². The molecule has 0 unspecified atom stereocenters. The van der Waals surface area contributed by atoms with Gasteiger partial charge >= 0.3 is 0 Å². The first-order valence-electron chi connectivity index (χ1n) is 10.1. The lowest BCUT2D eigenvalue weighted by Gasteiger charge is -2.21. The average molecular weight is 391 g/mol. The van der Waals surface area contributed by atoms with Crippen molar-refractivity contribution < 1.29 is 4.79 Å². The maximum atomic E-state index is 12.7. The van der Waals surface area contributed by atoms with E-state index >= 15 is 0 Å². The van der Waals surface area contributed by atoms with Gasteiger partial charge < -0.3 is 10.2 Å². The number of rotatable bonds is 4. The molecule has 7 heteroatoms. The first-order valence-corrected chi connectivity index (χ1v) is 10.1. The Balaban J connectivity index is 1.47. The molecule has 7 nitrogen and oxygen atoms in total. The van der Waals surface area contributed by atoms with Gasteiger partial charge in [-0.1, -0.05) is 37.1 Å². The van der Waals surface area contributed by atoms with E-state index in [9.17, 15) is 9.59 Å². The predicted molar refractivity (Wildman–Crippen MR) is 113 cm³/mol. The number of aryl methyl sites for hydroxylation is 1. The Kier molecular flexibility index (Phi) is 5.55. The van der Waals surface area contributed by atoms with Gasteiger partial charge in [-0.3, -0.25) is 9.59 Å². The van der Waals surface area contributed by atoms with E-state index in [1.165, 1.54) is 30.4 Å². The number of hydrogen-bond donors (Lipinski definition) is 1. The molecule has 1 aromatic carbocycles. The summed E-state index contributed by atoms with van der Waals surface area (Å²) in [5.41, 5.74) is 0.952. The number of pyridine rings is 1. The van der Waals surface area contributed by atoms with E-state index < -0.39 is 0 Å². The molecule has 0 saturated carbocycles. The third-order valence-corrected chi connectivity index (χ3v) is 5.36. The maximum Gasteiger partial charge on any atom is 0.274 e.